The predicted octanol–water partition coefficient (Wildman–Crippen LogP) is 1.05. The van der Waals surface area contributed by atoms with Gasteiger partial charge >= 0.3 is 0 Å². The molecule has 0 spiro atoms. The van der Waals surface area contributed by atoms with Crippen molar-refractivity contribution in [1.82, 2.24) is 14.8 Å². The van der Waals surface area contributed by atoms with Gasteiger partial charge in [-0.25, -0.2) is 0 Å². The minimum Gasteiger partial charge on any atom is -0.341 e. The van der Waals surface area contributed by atoms with Crippen LogP contribution >= 0.6 is 0 Å². The first-order valence-corrected chi connectivity index (χ1v) is 10.1. The number of aromatic nitrogens is 1. The molecule has 27 heavy (non-hydrogen) atoms. The summed E-state index contributed by atoms with van der Waals surface area (Å²) in [5.74, 6) is 0.369. The van der Waals surface area contributed by atoms with E-state index in [-0.39, 0.29) is 10.8 Å². The largest absolute Gasteiger partial charge is 0.341 e. The Morgan fingerprint density at radius 2 is 1.85 bits per heavy atom. The number of hydrogen-bond acceptors (Lipinski definition) is 6. The average Bonchev–Trinajstić information content (AvgIpc) is 2.68. The number of hydrogen-bond donors (Lipinski definition) is 1. The number of benzene rings is 1. The number of nitrogens with zero attached hydrogens (tertiary/aromatic N) is 4. The van der Waals surface area contributed by atoms with Crippen molar-refractivity contribution in [3.05, 3.63) is 54.4 Å². The lowest BCUT2D eigenvalue weighted by Gasteiger charge is -2.35. The molecule has 0 aliphatic carbocycles. The summed E-state index contributed by atoms with van der Waals surface area (Å²) in [4.78, 5) is 20.5. The Balaban J connectivity index is 1.39. The van der Waals surface area contributed by atoms with Crippen LogP contribution in [0.5, 0.6) is 0 Å². The highest BCUT2D eigenvalue weighted by Crippen LogP contribution is 2.26. The summed E-state index contributed by atoms with van der Waals surface area (Å²) in [5.41, 5.74) is 1.12. The molecule has 1 amide bonds. The van der Waals surface area contributed by atoms with Crippen molar-refractivity contribution < 1.29 is 13.2 Å². The molecule has 9 heteroatoms. The van der Waals surface area contributed by atoms with E-state index in [1.165, 1.54) is 0 Å². The first kappa shape index (κ1) is 17.6. The molecule has 2 aliphatic heterocycles. The summed E-state index contributed by atoms with van der Waals surface area (Å²) in [5, 5.41) is 3.10. The first-order chi connectivity index (χ1) is 13.0. The normalized spacial score (nSPS) is 19.0. The zero-order valence-electron chi connectivity index (χ0n) is 14.6. The topological polar surface area (TPSA) is 95.0 Å². The van der Waals surface area contributed by atoms with Crippen molar-refractivity contribution in [3.8, 4) is 0 Å². The number of pyridine rings is 1. The Morgan fingerprint density at radius 3 is 2.59 bits per heavy atom. The summed E-state index contributed by atoms with van der Waals surface area (Å²) in [6, 6.07) is 10.2. The number of carbonyl (C=O) groups excluding carboxylic acids is 1. The molecule has 4 rings (SSSR count). The second kappa shape index (κ2) is 7.09. The summed E-state index contributed by atoms with van der Waals surface area (Å²) in [6.07, 6.45) is 3.20. The third-order valence-corrected chi connectivity index (χ3v) is 5.99. The quantitative estimate of drug-likeness (QED) is 0.849. The van der Waals surface area contributed by atoms with Gasteiger partial charge in [-0.1, -0.05) is 12.1 Å². The second-order valence-corrected chi connectivity index (χ2v) is 8.02. The van der Waals surface area contributed by atoms with E-state index in [9.17, 15) is 13.2 Å². The molecule has 1 aromatic heterocycles. The molecule has 0 saturated carbocycles. The third-order valence-electron chi connectivity index (χ3n) is 4.62. The highest BCUT2D eigenvalue weighted by Gasteiger charge is 2.27. The minimum absolute atomic E-state index is 0.0348. The average molecular weight is 385 g/mol. The van der Waals surface area contributed by atoms with E-state index < -0.39 is 10.0 Å². The van der Waals surface area contributed by atoms with Crippen LogP contribution in [0.25, 0.3) is 0 Å². The molecule has 1 aromatic carbocycles. The van der Waals surface area contributed by atoms with Gasteiger partial charge in [0.2, 0.25) is 0 Å². The van der Waals surface area contributed by atoms with Crippen molar-refractivity contribution in [2.75, 3.05) is 38.0 Å². The van der Waals surface area contributed by atoms with Crippen LogP contribution in [0.4, 0.5) is 5.69 Å². The molecule has 8 nitrogen and oxygen atoms in total. The van der Waals surface area contributed by atoms with Crippen LogP contribution in [0, 0.1) is 0 Å². The molecule has 3 heterocycles. The molecule has 0 unspecified atom stereocenters. The van der Waals surface area contributed by atoms with Crippen LogP contribution in [-0.2, 0) is 10.0 Å². The Kier molecular flexibility index (Phi) is 4.63. The molecular formula is C18H19N5O3S. The van der Waals surface area contributed by atoms with Crippen LogP contribution in [0.1, 0.15) is 10.4 Å². The number of sulfonamides is 1. The van der Waals surface area contributed by atoms with E-state index in [1.54, 1.807) is 53.7 Å². The fourth-order valence-electron chi connectivity index (χ4n) is 3.23. The molecule has 0 radical (unpaired) electrons. The number of carbonyl (C=O) groups is 1. The number of fused-ring (bicyclic) bond motifs is 1. The van der Waals surface area contributed by atoms with Crippen LogP contribution < -0.4 is 5.32 Å². The predicted molar refractivity (Wildman–Crippen MR) is 101 cm³/mol. The van der Waals surface area contributed by atoms with Gasteiger partial charge in [0.25, 0.3) is 15.9 Å². The van der Waals surface area contributed by atoms with Gasteiger partial charge in [0, 0.05) is 38.6 Å². The summed E-state index contributed by atoms with van der Waals surface area (Å²) >= 11 is 0. The zero-order chi connectivity index (χ0) is 18.9. The van der Waals surface area contributed by atoms with Gasteiger partial charge in [-0.15, -0.1) is 4.40 Å². The number of amides is 1. The molecule has 1 saturated heterocycles. The lowest BCUT2D eigenvalue weighted by atomic mass is 10.2. The minimum atomic E-state index is -3.67. The smallest absolute Gasteiger partial charge is 0.286 e. The maximum absolute atomic E-state index is 12.5. The van der Waals surface area contributed by atoms with Gasteiger partial charge in [0.05, 0.1) is 17.8 Å². The highest BCUT2D eigenvalue weighted by molar-refractivity contribution is 7.90. The third kappa shape index (κ3) is 3.69. The lowest BCUT2D eigenvalue weighted by Crippen LogP contribution is -2.50. The molecular weight excluding hydrogens is 366 g/mol. The van der Waals surface area contributed by atoms with Crippen molar-refractivity contribution in [3.63, 3.8) is 0 Å². The van der Waals surface area contributed by atoms with Gasteiger partial charge in [-0.05, 0) is 24.3 Å². The molecule has 1 fully saturated rings. The molecule has 1 N–H and O–H groups in total. The number of rotatable bonds is 3. The SMILES string of the molecule is O=C(c1cccnc1)N1CCN(CC2=NS(=O)(=O)c3ccccc3N2)CC1. The number of para-hydroxylation sites is 1. The van der Waals surface area contributed by atoms with Crippen molar-refractivity contribution >= 4 is 27.5 Å². The van der Waals surface area contributed by atoms with Crippen molar-refractivity contribution in [1.29, 1.82) is 0 Å². The Morgan fingerprint density at radius 1 is 1.07 bits per heavy atom. The molecule has 140 valence electrons. The fourth-order valence-corrected chi connectivity index (χ4v) is 4.37. The van der Waals surface area contributed by atoms with Crippen molar-refractivity contribution in [2.24, 2.45) is 4.40 Å². The summed E-state index contributed by atoms with van der Waals surface area (Å²) < 4.78 is 28.5. The lowest BCUT2D eigenvalue weighted by molar-refractivity contribution is 0.0654. The van der Waals surface area contributed by atoms with Crippen LogP contribution in [0.15, 0.2) is 58.1 Å². The maximum Gasteiger partial charge on any atom is 0.286 e. The van der Waals surface area contributed by atoms with E-state index in [2.05, 4.69) is 19.6 Å². The molecule has 2 aromatic rings. The summed E-state index contributed by atoms with van der Waals surface area (Å²) in [6.45, 7) is 2.83. The summed E-state index contributed by atoms with van der Waals surface area (Å²) in [7, 11) is -3.67. The van der Waals surface area contributed by atoms with E-state index in [1.807, 2.05) is 0 Å². The Hall–Kier alpha value is -2.78. The zero-order valence-corrected chi connectivity index (χ0v) is 15.4. The number of nitrogens with one attached hydrogen (secondary N) is 1. The number of piperazine rings is 1. The fraction of sp³-hybridized carbons (Fsp3) is 0.278. The molecule has 0 bridgehead atoms. The van der Waals surface area contributed by atoms with E-state index in [0.29, 0.717) is 49.8 Å². The van der Waals surface area contributed by atoms with E-state index in [4.69, 9.17) is 0 Å². The van der Waals surface area contributed by atoms with Gasteiger partial charge in [-0.2, -0.15) is 8.42 Å². The molecule has 0 atom stereocenters. The standard InChI is InChI=1S/C18H19N5O3S/c24-18(14-4-3-7-19-12-14)23-10-8-22(9-11-23)13-17-20-15-5-1-2-6-16(15)27(25,26)21-17/h1-7,12H,8-11,13H2,(H,20,21). The van der Waals surface area contributed by atoms with Crippen molar-refractivity contribution in [2.45, 2.75) is 4.90 Å². The van der Waals surface area contributed by atoms with Gasteiger partial charge in [-0.3, -0.25) is 14.7 Å². The van der Waals surface area contributed by atoms with E-state index >= 15 is 0 Å². The van der Waals surface area contributed by atoms with Crippen LogP contribution in [-0.4, -0.2) is 67.7 Å². The van der Waals surface area contributed by atoms with Crippen LogP contribution in [0.3, 0.4) is 0 Å². The number of amidine groups is 1. The van der Waals surface area contributed by atoms with Gasteiger partial charge < -0.3 is 10.2 Å². The molecule has 2 aliphatic rings. The van der Waals surface area contributed by atoms with Crippen LogP contribution in [0.2, 0.25) is 0 Å². The maximum atomic E-state index is 12.5. The number of anilines is 1. The second-order valence-electron chi connectivity index (χ2n) is 6.44. The van der Waals surface area contributed by atoms with Gasteiger partial charge in [0.15, 0.2) is 0 Å². The Labute approximate surface area is 157 Å². The Bertz CT molecular complexity index is 983. The van der Waals surface area contributed by atoms with E-state index in [0.717, 1.165) is 0 Å². The monoisotopic (exact) mass is 385 g/mol. The first-order valence-electron chi connectivity index (χ1n) is 8.64. The highest BCUT2D eigenvalue weighted by atomic mass is 32.2. The van der Waals surface area contributed by atoms with Gasteiger partial charge in [0.1, 0.15) is 10.7 Å².